The van der Waals surface area contributed by atoms with Gasteiger partial charge in [-0.2, -0.15) is 5.10 Å². The molecule has 0 aliphatic rings. The Balaban J connectivity index is 2.28. The Morgan fingerprint density at radius 3 is 2.70 bits per heavy atom. The smallest absolute Gasteiger partial charge is 0.151 e. The molecule has 2 heterocycles. The van der Waals surface area contributed by atoms with Gasteiger partial charge in [0.15, 0.2) is 5.82 Å². The molecule has 2 aromatic rings. The van der Waals surface area contributed by atoms with E-state index in [2.05, 4.69) is 54.1 Å². The van der Waals surface area contributed by atoms with Crippen molar-refractivity contribution in [3.8, 4) is 5.69 Å². The van der Waals surface area contributed by atoms with E-state index in [-0.39, 0.29) is 0 Å². The lowest BCUT2D eigenvalue weighted by Crippen LogP contribution is -2.22. The standard InChI is InChI=1S/C15H23N5/c1-5-14-18-15(6-2)20(19-14)13-7-8-16-12(9-13)10-17-11(3)4/h7-9,11,17H,5-6,10H2,1-4H3. The van der Waals surface area contributed by atoms with Gasteiger partial charge >= 0.3 is 0 Å². The molecule has 0 aliphatic heterocycles. The number of hydrogen-bond donors (Lipinski definition) is 1. The van der Waals surface area contributed by atoms with Crippen LogP contribution in [0.5, 0.6) is 0 Å². The zero-order valence-corrected chi connectivity index (χ0v) is 12.7. The van der Waals surface area contributed by atoms with Gasteiger partial charge in [-0.1, -0.05) is 27.7 Å². The molecule has 0 fully saturated rings. The van der Waals surface area contributed by atoms with E-state index in [1.165, 1.54) is 0 Å². The van der Waals surface area contributed by atoms with E-state index in [9.17, 15) is 0 Å². The first-order valence-corrected chi connectivity index (χ1v) is 7.27. The highest BCUT2D eigenvalue weighted by molar-refractivity contribution is 5.32. The fraction of sp³-hybridized carbons (Fsp3) is 0.533. The molecule has 1 N–H and O–H groups in total. The number of nitrogens with zero attached hydrogens (tertiary/aromatic N) is 4. The summed E-state index contributed by atoms with van der Waals surface area (Å²) in [6.07, 6.45) is 3.56. The van der Waals surface area contributed by atoms with Gasteiger partial charge in [0.25, 0.3) is 0 Å². The Morgan fingerprint density at radius 1 is 1.25 bits per heavy atom. The Morgan fingerprint density at radius 2 is 2.05 bits per heavy atom. The lowest BCUT2D eigenvalue weighted by Gasteiger charge is -2.09. The third-order valence-corrected chi connectivity index (χ3v) is 3.09. The second-order valence-electron chi connectivity index (χ2n) is 5.10. The van der Waals surface area contributed by atoms with Gasteiger partial charge in [-0.25, -0.2) is 9.67 Å². The average molecular weight is 273 g/mol. The van der Waals surface area contributed by atoms with Crippen LogP contribution in [0.1, 0.15) is 45.0 Å². The van der Waals surface area contributed by atoms with Crippen LogP contribution >= 0.6 is 0 Å². The third-order valence-electron chi connectivity index (χ3n) is 3.09. The molecule has 0 bridgehead atoms. The topological polar surface area (TPSA) is 55.6 Å². The van der Waals surface area contributed by atoms with Crippen LogP contribution in [0.25, 0.3) is 5.69 Å². The average Bonchev–Trinajstić information content (AvgIpc) is 2.89. The summed E-state index contributed by atoms with van der Waals surface area (Å²) in [5.41, 5.74) is 2.05. The maximum Gasteiger partial charge on any atom is 0.151 e. The van der Waals surface area contributed by atoms with Gasteiger partial charge in [0, 0.05) is 31.6 Å². The summed E-state index contributed by atoms with van der Waals surface area (Å²) in [5, 5.41) is 7.94. The van der Waals surface area contributed by atoms with Crippen molar-refractivity contribution >= 4 is 0 Å². The SMILES string of the molecule is CCc1nc(CC)n(-c2ccnc(CNC(C)C)c2)n1. The van der Waals surface area contributed by atoms with Crippen molar-refractivity contribution in [3.05, 3.63) is 35.7 Å². The fourth-order valence-electron chi connectivity index (χ4n) is 1.98. The van der Waals surface area contributed by atoms with Crippen LogP contribution < -0.4 is 5.32 Å². The van der Waals surface area contributed by atoms with E-state index >= 15 is 0 Å². The summed E-state index contributed by atoms with van der Waals surface area (Å²) >= 11 is 0. The first kappa shape index (κ1) is 14.7. The lowest BCUT2D eigenvalue weighted by molar-refractivity contribution is 0.581. The number of hydrogen-bond acceptors (Lipinski definition) is 4. The fourth-order valence-corrected chi connectivity index (χ4v) is 1.98. The molecule has 5 nitrogen and oxygen atoms in total. The minimum Gasteiger partial charge on any atom is -0.309 e. The zero-order valence-electron chi connectivity index (χ0n) is 12.7. The van der Waals surface area contributed by atoms with E-state index in [4.69, 9.17) is 0 Å². The molecule has 0 saturated heterocycles. The molecule has 0 unspecified atom stereocenters. The van der Waals surface area contributed by atoms with Crippen molar-refractivity contribution in [2.75, 3.05) is 0 Å². The molecule has 108 valence electrons. The summed E-state index contributed by atoms with van der Waals surface area (Å²) in [4.78, 5) is 8.94. The maximum absolute atomic E-state index is 4.56. The summed E-state index contributed by atoms with van der Waals surface area (Å²) in [6.45, 7) is 9.20. The highest BCUT2D eigenvalue weighted by atomic mass is 15.3. The molecule has 0 amide bonds. The van der Waals surface area contributed by atoms with Crippen LogP contribution in [0, 0.1) is 0 Å². The van der Waals surface area contributed by atoms with Gasteiger partial charge in [-0.05, 0) is 12.1 Å². The van der Waals surface area contributed by atoms with E-state index in [1.807, 2.05) is 16.9 Å². The zero-order chi connectivity index (χ0) is 14.5. The van der Waals surface area contributed by atoms with Crippen molar-refractivity contribution in [2.24, 2.45) is 0 Å². The first-order chi connectivity index (χ1) is 9.63. The van der Waals surface area contributed by atoms with Gasteiger partial charge in [-0.15, -0.1) is 0 Å². The summed E-state index contributed by atoms with van der Waals surface area (Å²) in [7, 11) is 0. The van der Waals surface area contributed by atoms with Crippen LogP contribution in [0.15, 0.2) is 18.3 Å². The monoisotopic (exact) mass is 273 g/mol. The highest BCUT2D eigenvalue weighted by Crippen LogP contribution is 2.12. The quantitative estimate of drug-likeness (QED) is 0.877. The molecule has 20 heavy (non-hydrogen) atoms. The van der Waals surface area contributed by atoms with Crippen LogP contribution in [0.3, 0.4) is 0 Å². The van der Waals surface area contributed by atoms with E-state index in [0.29, 0.717) is 6.04 Å². The summed E-state index contributed by atoms with van der Waals surface area (Å²) in [6, 6.07) is 4.50. The summed E-state index contributed by atoms with van der Waals surface area (Å²) < 4.78 is 1.93. The third kappa shape index (κ3) is 3.42. The molecule has 5 heteroatoms. The number of nitrogens with one attached hydrogen (secondary N) is 1. The number of rotatable bonds is 6. The van der Waals surface area contributed by atoms with Crippen molar-refractivity contribution < 1.29 is 0 Å². The van der Waals surface area contributed by atoms with Gasteiger partial charge in [0.2, 0.25) is 0 Å². The maximum atomic E-state index is 4.56. The molecule has 0 aliphatic carbocycles. The molecular weight excluding hydrogens is 250 g/mol. The molecule has 0 atom stereocenters. The predicted molar refractivity (Wildman–Crippen MR) is 79.9 cm³/mol. The minimum atomic E-state index is 0.449. The molecule has 2 aromatic heterocycles. The van der Waals surface area contributed by atoms with E-state index in [1.54, 1.807) is 0 Å². The molecule has 0 spiro atoms. The molecule has 0 saturated carbocycles. The van der Waals surface area contributed by atoms with Crippen molar-refractivity contribution in [1.82, 2.24) is 25.1 Å². The van der Waals surface area contributed by atoms with Gasteiger partial charge in [0.05, 0.1) is 11.4 Å². The number of aryl methyl sites for hydroxylation is 2. The van der Waals surface area contributed by atoms with Gasteiger partial charge < -0.3 is 5.32 Å². The second kappa shape index (κ2) is 6.61. The van der Waals surface area contributed by atoms with Crippen LogP contribution in [-0.2, 0) is 19.4 Å². The summed E-state index contributed by atoms with van der Waals surface area (Å²) in [5.74, 6) is 1.89. The number of pyridine rings is 1. The van der Waals surface area contributed by atoms with Crippen molar-refractivity contribution in [3.63, 3.8) is 0 Å². The normalized spacial score (nSPS) is 11.2. The predicted octanol–water partition coefficient (Wildman–Crippen LogP) is 2.29. The van der Waals surface area contributed by atoms with Crippen molar-refractivity contribution in [1.29, 1.82) is 0 Å². The largest absolute Gasteiger partial charge is 0.309 e. The van der Waals surface area contributed by atoms with Gasteiger partial charge in [0.1, 0.15) is 5.82 Å². The van der Waals surface area contributed by atoms with E-state index in [0.717, 1.165) is 42.4 Å². The van der Waals surface area contributed by atoms with Crippen LogP contribution in [0.2, 0.25) is 0 Å². The van der Waals surface area contributed by atoms with Crippen LogP contribution in [-0.4, -0.2) is 25.8 Å². The first-order valence-electron chi connectivity index (χ1n) is 7.27. The Hall–Kier alpha value is -1.75. The van der Waals surface area contributed by atoms with Crippen LogP contribution in [0.4, 0.5) is 0 Å². The molecule has 2 rings (SSSR count). The molecule has 0 radical (unpaired) electrons. The van der Waals surface area contributed by atoms with Gasteiger partial charge in [-0.3, -0.25) is 4.98 Å². The Labute approximate surface area is 120 Å². The molecule has 0 aromatic carbocycles. The highest BCUT2D eigenvalue weighted by Gasteiger charge is 2.09. The van der Waals surface area contributed by atoms with Crippen molar-refractivity contribution in [2.45, 2.75) is 53.1 Å². The Kier molecular flexibility index (Phi) is 4.84. The second-order valence-corrected chi connectivity index (χ2v) is 5.10. The number of aromatic nitrogens is 4. The Bertz CT molecular complexity index is 559. The lowest BCUT2D eigenvalue weighted by atomic mass is 10.3. The minimum absolute atomic E-state index is 0.449. The van der Waals surface area contributed by atoms with E-state index < -0.39 is 0 Å². The molecular formula is C15H23N5.